The summed E-state index contributed by atoms with van der Waals surface area (Å²) in [6.45, 7) is 4.32. The zero-order valence-electron chi connectivity index (χ0n) is 12.4. The van der Waals surface area contributed by atoms with Crippen LogP contribution in [-0.4, -0.2) is 30.3 Å². The van der Waals surface area contributed by atoms with Gasteiger partial charge in [-0.25, -0.2) is 0 Å². The molecule has 1 aromatic rings. The number of hydrogen-bond acceptors (Lipinski definition) is 3. The van der Waals surface area contributed by atoms with E-state index in [1.807, 2.05) is 38.1 Å². The zero-order valence-corrected chi connectivity index (χ0v) is 12.4. The van der Waals surface area contributed by atoms with Crippen molar-refractivity contribution < 1.29 is 14.6 Å². The van der Waals surface area contributed by atoms with Crippen LogP contribution in [-0.2, 0) is 9.53 Å². The van der Waals surface area contributed by atoms with Gasteiger partial charge >= 0.3 is 0 Å². The fourth-order valence-corrected chi connectivity index (χ4v) is 2.41. The predicted molar refractivity (Wildman–Crippen MR) is 80.5 cm³/mol. The molecule has 0 aliphatic carbocycles. The molecule has 1 fully saturated rings. The minimum absolute atomic E-state index is 0.0443. The summed E-state index contributed by atoms with van der Waals surface area (Å²) in [5.41, 5.74) is 1.88. The van der Waals surface area contributed by atoms with Crippen LogP contribution in [0.4, 0.5) is 0 Å². The molecule has 21 heavy (non-hydrogen) atoms. The summed E-state index contributed by atoms with van der Waals surface area (Å²) >= 11 is 0. The first-order chi connectivity index (χ1) is 10.1. The topological polar surface area (TPSA) is 58.6 Å². The van der Waals surface area contributed by atoms with Gasteiger partial charge in [0.1, 0.15) is 6.61 Å². The molecule has 1 heterocycles. The van der Waals surface area contributed by atoms with Crippen LogP contribution in [0.25, 0.3) is 0 Å². The molecule has 3 atom stereocenters. The highest BCUT2D eigenvalue weighted by molar-refractivity contribution is 5.79. The molecule has 1 saturated heterocycles. The van der Waals surface area contributed by atoms with Gasteiger partial charge in [-0.15, -0.1) is 0 Å². The first-order valence-corrected chi connectivity index (χ1v) is 7.22. The number of carbonyl (C=O) groups is 1. The van der Waals surface area contributed by atoms with Crippen LogP contribution in [0, 0.1) is 17.8 Å². The number of aliphatic hydroxyl groups excluding tert-OH is 1. The van der Waals surface area contributed by atoms with Gasteiger partial charge < -0.3 is 15.2 Å². The van der Waals surface area contributed by atoms with E-state index in [9.17, 15) is 4.79 Å². The number of aliphatic hydroxyl groups is 1. The molecule has 3 unspecified atom stereocenters. The Labute approximate surface area is 125 Å². The Kier molecular flexibility index (Phi) is 5.38. The maximum atomic E-state index is 12.1. The minimum Gasteiger partial charge on any atom is -0.384 e. The van der Waals surface area contributed by atoms with Crippen LogP contribution in [0.15, 0.2) is 24.3 Å². The molecule has 0 spiro atoms. The molecule has 0 saturated carbocycles. The first kappa shape index (κ1) is 15.6. The molecule has 0 radical (unpaired) electrons. The van der Waals surface area contributed by atoms with E-state index in [1.54, 1.807) is 0 Å². The maximum Gasteiger partial charge on any atom is 0.226 e. The third kappa shape index (κ3) is 4.32. The average Bonchev–Trinajstić information content (AvgIpc) is 2.92. The molecule has 2 N–H and O–H groups in total. The van der Waals surface area contributed by atoms with Crippen LogP contribution >= 0.6 is 0 Å². The highest BCUT2D eigenvalue weighted by Gasteiger charge is 2.28. The van der Waals surface area contributed by atoms with Crippen molar-refractivity contribution in [2.75, 3.05) is 13.2 Å². The van der Waals surface area contributed by atoms with E-state index >= 15 is 0 Å². The highest BCUT2D eigenvalue weighted by atomic mass is 16.5. The van der Waals surface area contributed by atoms with Gasteiger partial charge in [0.2, 0.25) is 5.91 Å². The minimum atomic E-state index is -0.143. The number of nitrogens with one attached hydrogen (secondary N) is 1. The lowest BCUT2D eigenvalue weighted by Crippen LogP contribution is -2.33. The molecular formula is C17H21NO3. The number of ether oxygens (including phenoxy) is 1. The molecule has 1 aromatic carbocycles. The van der Waals surface area contributed by atoms with Gasteiger partial charge in [0.05, 0.1) is 24.7 Å². The standard InChI is InChI=1S/C17H21NO3/c1-12-10-16(11-21-12)17(20)18-13(2)15-7-5-14(6-8-15)4-3-9-19/h5-8,12-13,16,19H,9-11H2,1-2H3,(H,18,20). The van der Waals surface area contributed by atoms with Crippen molar-refractivity contribution in [3.05, 3.63) is 35.4 Å². The number of rotatable bonds is 3. The summed E-state index contributed by atoms with van der Waals surface area (Å²) in [7, 11) is 0. The smallest absolute Gasteiger partial charge is 0.226 e. The van der Waals surface area contributed by atoms with E-state index in [4.69, 9.17) is 9.84 Å². The fourth-order valence-electron chi connectivity index (χ4n) is 2.41. The number of hydrogen-bond donors (Lipinski definition) is 2. The second-order valence-corrected chi connectivity index (χ2v) is 5.39. The Hall–Kier alpha value is -1.83. The van der Waals surface area contributed by atoms with Gasteiger partial charge in [-0.2, -0.15) is 0 Å². The van der Waals surface area contributed by atoms with Crippen LogP contribution in [0.2, 0.25) is 0 Å². The van der Waals surface area contributed by atoms with Crippen molar-refractivity contribution in [2.45, 2.75) is 32.4 Å². The fraction of sp³-hybridized carbons (Fsp3) is 0.471. The van der Waals surface area contributed by atoms with Crippen LogP contribution < -0.4 is 5.32 Å². The van der Waals surface area contributed by atoms with Crippen molar-refractivity contribution in [1.29, 1.82) is 0 Å². The SMILES string of the molecule is CC1CC(C(=O)NC(C)c2ccc(C#CCO)cc2)CO1. The van der Waals surface area contributed by atoms with Crippen molar-refractivity contribution >= 4 is 5.91 Å². The van der Waals surface area contributed by atoms with E-state index in [1.165, 1.54) is 0 Å². The van der Waals surface area contributed by atoms with Gasteiger partial charge in [0.25, 0.3) is 0 Å². The zero-order chi connectivity index (χ0) is 15.2. The highest BCUT2D eigenvalue weighted by Crippen LogP contribution is 2.21. The Bertz CT molecular complexity index is 541. The number of carbonyl (C=O) groups excluding carboxylic acids is 1. The summed E-state index contributed by atoms with van der Waals surface area (Å²) in [4.78, 5) is 12.1. The van der Waals surface area contributed by atoms with Gasteiger partial charge in [0, 0.05) is 5.56 Å². The van der Waals surface area contributed by atoms with Crippen molar-refractivity contribution in [1.82, 2.24) is 5.32 Å². The maximum absolute atomic E-state index is 12.1. The Morgan fingerprint density at radius 2 is 2.19 bits per heavy atom. The summed E-state index contributed by atoms with van der Waals surface area (Å²) in [6, 6.07) is 7.62. The molecular weight excluding hydrogens is 266 g/mol. The van der Waals surface area contributed by atoms with Crippen molar-refractivity contribution in [3.63, 3.8) is 0 Å². The van der Waals surface area contributed by atoms with E-state index in [2.05, 4.69) is 17.2 Å². The van der Waals surface area contributed by atoms with Gasteiger partial charge in [-0.05, 0) is 38.0 Å². The number of amides is 1. The Balaban J connectivity index is 1.93. The van der Waals surface area contributed by atoms with Crippen molar-refractivity contribution in [2.24, 2.45) is 5.92 Å². The molecule has 2 rings (SSSR count). The summed E-state index contributed by atoms with van der Waals surface area (Å²) in [5.74, 6) is 5.46. The van der Waals surface area contributed by atoms with Gasteiger partial charge in [-0.3, -0.25) is 4.79 Å². The summed E-state index contributed by atoms with van der Waals surface area (Å²) < 4.78 is 5.43. The molecule has 0 aromatic heterocycles. The van der Waals surface area contributed by atoms with Crippen LogP contribution in [0.3, 0.4) is 0 Å². The van der Waals surface area contributed by atoms with Crippen LogP contribution in [0.1, 0.15) is 37.4 Å². The monoisotopic (exact) mass is 287 g/mol. The normalized spacial score (nSPS) is 22.2. The Morgan fingerprint density at radius 1 is 1.48 bits per heavy atom. The molecule has 0 bridgehead atoms. The lowest BCUT2D eigenvalue weighted by molar-refractivity contribution is -0.125. The lowest BCUT2D eigenvalue weighted by Gasteiger charge is -2.17. The quantitative estimate of drug-likeness (QED) is 0.831. The lowest BCUT2D eigenvalue weighted by atomic mass is 10.0. The van der Waals surface area contributed by atoms with E-state index in [-0.39, 0.29) is 30.6 Å². The number of benzene rings is 1. The third-order valence-electron chi connectivity index (χ3n) is 3.65. The molecule has 1 aliphatic heterocycles. The molecule has 112 valence electrons. The van der Waals surface area contributed by atoms with Crippen molar-refractivity contribution in [3.8, 4) is 11.8 Å². The molecule has 4 heteroatoms. The second kappa shape index (κ2) is 7.26. The molecule has 4 nitrogen and oxygen atoms in total. The molecule has 1 aliphatic rings. The predicted octanol–water partition coefficient (Wildman–Crippen LogP) is 1.63. The van der Waals surface area contributed by atoms with E-state index in [0.29, 0.717) is 6.61 Å². The summed E-state index contributed by atoms with van der Waals surface area (Å²) in [6.07, 6.45) is 0.953. The second-order valence-electron chi connectivity index (χ2n) is 5.39. The van der Waals surface area contributed by atoms with E-state index in [0.717, 1.165) is 17.5 Å². The van der Waals surface area contributed by atoms with Gasteiger partial charge in [-0.1, -0.05) is 24.0 Å². The largest absolute Gasteiger partial charge is 0.384 e. The molecule has 1 amide bonds. The Morgan fingerprint density at radius 3 is 2.76 bits per heavy atom. The van der Waals surface area contributed by atoms with Gasteiger partial charge in [0.15, 0.2) is 0 Å². The average molecular weight is 287 g/mol. The third-order valence-corrected chi connectivity index (χ3v) is 3.65. The van der Waals surface area contributed by atoms with E-state index < -0.39 is 0 Å². The summed E-state index contributed by atoms with van der Waals surface area (Å²) in [5, 5.41) is 11.7. The van der Waals surface area contributed by atoms with Crippen LogP contribution in [0.5, 0.6) is 0 Å². The first-order valence-electron chi connectivity index (χ1n) is 7.22.